The van der Waals surface area contributed by atoms with Gasteiger partial charge in [-0.3, -0.25) is 0 Å². The van der Waals surface area contributed by atoms with Crippen LogP contribution in [-0.4, -0.2) is 11.8 Å². The minimum absolute atomic E-state index is 0.346. The quantitative estimate of drug-likeness (QED) is 0.631. The number of thioether (sulfide) groups is 1. The summed E-state index contributed by atoms with van der Waals surface area (Å²) in [6.45, 7) is 2.07. The maximum absolute atomic E-state index is 5.70. The van der Waals surface area contributed by atoms with Crippen LogP contribution in [0.4, 0.5) is 0 Å². The molecule has 1 aromatic rings. The van der Waals surface area contributed by atoms with Gasteiger partial charge in [-0.1, -0.05) is 18.6 Å². The molecule has 1 unspecified atom stereocenters. The predicted molar refractivity (Wildman–Crippen MR) is 72.4 cm³/mol. The van der Waals surface area contributed by atoms with Gasteiger partial charge in [0, 0.05) is 15.4 Å². The van der Waals surface area contributed by atoms with Gasteiger partial charge < -0.3 is 5.73 Å². The van der Waals surface area contributed by atoms with E-state index in [1.807, 2.05) is 17.8 Å². The van der Waals surface area contributed by atoms with E-state index in [1.165, 1.54) is 28.0 Å². The Morgan fingerprint density at radius 1 is 1.33 bits per heavy atom. The summed E-state index contributed by atoms with van der Waals surface area (Å²) in [7, 11) is 0. The SMILES string of the molecule is CC(N)CCCCSc1ccccc1Br. The highest BCUT2D eigenvalue weighted by molar-refractivity contribution is 9.10. The van der Waals surface area contributed by atoms with Crippen molar-refractivity contribution < 1.29 is 0 Å². The third-order valence-electron chi connectivity index (χ3n) is 2.15. The molecule has 2 N–H and O–H groups in total. The number of benzene rings is 1. The van der Waals surface area contributed by atoms with Crippen molar-refractivity contribution in [3.8, 4) is 0 Å². The first-order valence-corrected chi connectivity index (χ1v) is 7.11. The first-order chi connectivity index (χ1) is 7.20. The van der Waals surface area contributed by atoms with Crippen molar-refractivity contribution in [2.45, 2.75) is 37.1 Å². The van der Waals surface area contributed by atoms with Crippen LogP contribution in [0.3, 0.4) is 0 Å². The van der Waals surface area contributed by atoms with Crippen molar-refractivity contribution in [1.82, 2.24) is 0 Å². The van der Waals surface area contributed by atoms with Gasteiger partial charge in [-0.25, -0.2) is 0 Å². The molecule has 0 amide bonds. The van der Waals surface area contributed by atoms with Gasteiger partial charge in [0.05, 0.1) is 0 Å². The van der Waals surface area contributed by atoms with Crippen molar-refractivity contribution in [2.24, 2.45) is 5.73 Å². The van der Waals surface area contributed by atoms with Crippen LogP contribution in [0.2, 0.25) is 0 Å². The second kappa shape index (κ2) is 7.31. The van der Waals surface area contributed by atoms with Gasteiger partial charge >= 0.3 is 0 Å². The average molecular weight is 288 g/mol. The molecule has 0 bridgehead atoms. The molecule has 1 atom stereocenters. The van der Waals surface area contributed by atoms with Gasteiger partial charge in [0.1, 0.15) is 0 Å². The number of rotatable bonds is 6. The Labute approximate surface area is 105 Å². The van der Waals surface area contributed by atoms with Crippen LogP contribution in [0.1, 0.15) is 26.2 Å². The third kappa shape index (κ3) is 5.59. The number of halogens is 1. The van der Waals surface area contributed by atoms with Gasteiger partial charge in [-0.05, 0) is 53.6 Å². The predicted octanol–water partition coefficient (Wildman–Crippen LogP) is 4.06. The van der Waals surface area contributed by atoms with E-state index in [4.69, 9.17) is 5.73 Å². The Balaban J connectivity index is 2.18. The average Bonchev–Trinajstić information content (AvgIpc) is 2.20. The summed E-state index contributed by atoms with van der Waals surface area (Å²) in [5.41, 5.74) is 5.70. The monoisotopic (exact) mass is 287 g/mol. The van der Waals surface area contributed by atoms with Crippen LogP contribution < -0.4 is 5.73 Å². The zero-order chi connectivity index (χ0) is 11.1. The summed E-state index contributed by atoms with van der Waals surface area (Å²) < 4.78 is 1.20. The van der Waals surface area contributed by atoms with Crippen LogP contribution in [0.25, 0.3) is 0 Å². The van der Waals surface area contributed by atoms with E-state index in [9.17, 15) is 0 Å². The van der Waals surface area contributed by atoms with E-state index < -0.39 is 0 Å². The van der Waals surface area contributed by atoms with Crippen LogP contribution >= 0.6 is 27.7 Å². The Kier molecular flexibility index (Phi) is 6.37. The van der Waals surface area contributed by atoms with E-state index in [0.29, 0.717) is 6.04 Å². The lowest BCUT2D eigenvalue weighted by Crippen LogP contribution is -2.13. The van der Waals surface area contributed by atoms with E-state index in [-0.39, 0.29) is 0 Å². The molecule has 0 aliphatic rings. The molecule has 0 spiro atoms. The summed E-state index contributed by atoms with van der Waals surface area (Å²) in [5.74, 6) is 1.18. The van der Waals surface area contributed by atoms with Crippen LogP contribution in [0.5, 0.6) is 0 Å². The van der Waals surface area contributed by atoms with Crippen molar-refractivity contribution in [3.63, 3.8) is 0 Å². The molecule has 1 aromatic carbocycles. The molecule has 0 saturated carbocycles. The lowest BCUT2D eigenvalue weighted by atomic mass is 10.2. The van der Waals surface area contributed by atoms with Crippen molar-refractivity contribution in [1.29, 1.82) is 0 Å². The molecule has 0 aliphatic carbocycles. The Morgan fingerprint density at radius 2 is 2.07 bits per heavy atom. The van der Waals surface area contributed by atoms with Crippen molar-refractivity contribution in [3.05, 3.63) is 28.7 Å². The molecule has 15 heavy (non-hydrogen) atoms. The third-order valence-corrected chi connectivity index (χ3v) is 4.26. The topological polar surface area (TPSA) is 26.0 Å². The second-order valence-corrected chi connectivity index (χ2v) is 5.74. The summed E-state index contributed by atoms with van der Waals surface area (Å²) in [4.78, 5) is 1.33. The number of hydrogen-bond donors (Lipinski definition) is 1. The molecule has 0 saturated heterocycles. The first-order valence-electron chi connectivity index (χ1n) is 5.33. The van der Waals surface area contributed by atoms with Crippen molar-refractivity contribution >= 4 is 27.7 Å². The molecule has 1 nitrogen and oxygen atoms in total. The minimum Gasteiger partial charge on any atom is -0.328 e. The van der Waals surface area contributed by atoms with Gasteiger partial charge in [-0.15, -0.1) is 11.8 Å². The van der Waals surface area contributed by atoms with Gasteiger partial charge in [0.15, 0.2) is 0 Å². The van der Waals surface area contributed by atoms with E-state index >= 15 is 0 Å². The fraction of sp³-hybridized carbons (Fsp3) is 0.500. The first kappa shape index (κ1) is 13.1. The molecule has 1 rings (SSSR count). The summed E-state index contributed by atoms with van der Waals surface area (Å²) >= 11 is 5.46. The summed E-state index contributed by atoms with van der Waals surface area (Å²) in [6.07, 6.45) is 3.61. The molecule has 0 aromatic heterocycles. The fourth-order valence-electron chi connectivity index (χ4n) is 1.31. The lowest BCUT2D eigenvalue weighted by Gasteiger charge is -2.05. The van der Waals surface area contributed by atoms with E-state index in [1.54, 1.807) is 0 Å². The molecular formula is C12H18BrNS. The van der Waals surface area contributed by atoms with E-state index in [0.717, 1.165) is 6.42 Å². The Morgan fingerprint density at radius 3 is 2.73 bits per heavy atom. The minimum atomic E-state index is 0.346. The maximum Gasteiger partial charge on any atom is 0.0311 e. The highest BCUT2D eigenvalue weighted by Gasteiger charge is 1.99. The molecule has 0 fully saturated rings. The largest absolute Gasteiger partial charge is 0.328 e. The Hall–Kier alpha value is 0.01000. The van der Waals surface area contributed by atoms with Crippen molar-refractivity contribution in [2.75, 3.05) is 5.75 Å². The molecule has 0 radical (unpaired) electrons. The molecular weight excluding hydrogens is 270 g/mol. The molecule has 84 valence electrons. The number of hydrogen-bond acceptors (Lipinski definition) is 2. The molecule has 0 aliphatic heterocycles. The highest BCUT2D eigenvalue weighted by Crippen LogP contribution is 2.27. The maximum atomic E-state index is 5.70. The summed E-state index contributed by atoms with van der Waals surface area (Å²) in [5, 5.41) is 0. The second-order valence-electron chi connectivity index (χ2n) is 3.75. The zero-order valence-electron chi connectivity index (χ0n) is 9.08. The van der Waals surface area contributed by atoms with Gasteiger partial charge in [0.25, 0.3) is 0 Å². The summed E-state index contributed by atoms with van der Waals surface area (Å²) in [6, 6.07) is 8.71. The fourth-order valence-corrected chi connectivity index (χ4v) is 2.89. The lowest BCUT2D eigenvalue weighted by molar-refractivity contribution is 0.618. The van der Waals surface area contributed by atoms with Gasteiger partial charge in [-0.2, -0.15) is 0 Å². The van der Waals surface area contributed by atoms with Gasteiger partial charge in [0.2, 0.25) is 0 Å². The van der Waals surface area contributed by atoms with Crippen LogP contribution in [0.15, 0.2) is 33.6 Å². The Bertz CT molecular complexity index is 289. The van der Waals surface area contributed by atoms with Crippen LogP contribution in [-0.2, 0) is 0 Å². The normalized spacial score (nSPS) is 12.7. The standard InChI is InChI=1S/C12H18BrNS/c1-10(14)6-4-5-9-15-12-8-3-2-7-11(12)13/h2-3,7-8,10H,4-6,9,14H2,1H3. The zero-order valence-corrected chi connectivity index (χ0v) is 11.5. The molecule has 3 heteroatoms. The van der Waals surface area contributed by atoms with E-state index in [2.05, 4.69) is 41.1 Å². The highest BCUT2D eigenvalue weighted by atomic mass is 79.9. The molecule has 0 heterocycles. The number of nitrogens with two attached hydrogens (primary N) is 1. The van der Waals surface area contributed by atoms with Crippen LogP contribution in [0, 0.1) is 0 Å². The smallest absolute Gasteiger partial charge is 0.0311 e. The number of unbranched alkanes of at least 4 members (excludes halogenated alkanes) is 1.